The van der Waals surface area contributed by atoms with Crippen molar-refractivity contribution >= 4 is 18.3 Å². The number of rotatable bonds is 1. The minimum atomic E-state index is 0. The fourth-order valence-corrected chi connectivity index (χ4v) is 2.18. The Labute approximate surface area is 111 Å². The fourth-order valence-electron chi connectivity index (χ4n) is 2.18. The van der Waals surface area contributed by atoms with Gasteiger partial charge in [0.2, 0.25) is 6.79 Å². The zero-order chi connectivity index (χ0) is 11.8. The number of benzene rings is 1. The SMILES string of the molecule is Cl.N[C@@H]1CCN(C(=O)c2ccc3c(c2)OCO3)C1. The molecule has 0 aliphatic carbocycles. The summed E-state index contributed by atoms with van der Waals surface area (Å²) in [6.07, 6.45) is 0.871. The molecule has 1 atom stereocenters. The van der Waals surface area contributed by atoms with Crippen LogP contribution in [0.4, 0.5) is 0 Å². The minimum Gasteiger partial charge on any atom is -0.454 e. The van der Waals surface area contributed by atoms with Crippen molar-refractivity contribution in [1.82, 2.24) is 4.90 Å². The molecule has 2 N–H and O–H groups in total. The number of carbonyl (C=O) groups excluding carboxylic acids is 1. The second kappa shape index (κ2) is 5.04. The average molecular weight is 271 g/mol. The van der Waals surface area contributed by atoms with Crippen LogP contribution in [0.25, 0.3) is 0 Å². The lowest BCUT2D eigenvalue weighted by molar-refractivity contribution is 0.0790. The molecule has 0 aromatic heterocycles. The third-order valence-electron chi connectivity index (χ3n) is 3.13. The minimum absolute atomic E-state index is 0. The van der Waals surface area contributed by atoms with Crippen LogP contribution in [-0.4, -0.2) is 36.7 Å². The quantitative estimate of drug-likeness (QED) is 0.827. The predicted molar refractivity (Wildman–Crippen MR) is 68.3 cm³/mol. The van der Waals surface area contributed by atoms with Gasteiger partial charge in [-0.3, -0.25) is 4.79 Å². The molecule has 3 rings (SSSR count). The average Bonchev–Trinajstić information content (AvgIpc) is 2.95. The summed E-state index contributed by atoms with van der Waals surface area (Å²) in [6.45, 7) is 1.59. The first-order valence-corrected chi connectivity index (χ1v) is 5.68. The van der Waals surface area contributed by atoms with Gasteiger partial charge in [-0.15, -0.1) is 12.4 Å². The second-order valence-electron chi connectivity index (χ2n) is 4.37. The van der Waals surface area contributed by atoms with Gasteiger partial charge < -0.3 is 20.1 Å². The standard InChI is InChI=1S/C12H14N2O3.ClH/c13-9-3-4-14(6-9)12(15)8-1-2-10-11(5-8)17-7-16-10;/h1-2,5,9H,3-4,6-7,13H2;1H/t9-;/m1./s1. The Morgan fingerprint density at radius 1 is 1.33 bits per heavy atom. The molecule has 1 aromatic carbocycles. The highest BCUT2D eigenvalue weighted by Crippen LogP contribution is 2.32. The molecule has 1 aromatic rings. The van der Waals surface area contributed by atoms with Crippen molar-refractivity contribution in [3.63, 3.8) is 0 Å². The highest BCUT2D eigenvalue weighted by molar-refractivity contribution is 5.95. The van der Waals surface area contributed by atoms with E-state index >= 15 is 0 Å². The lowest BCUT2D eigenvalue weighted by Gasteiger charge is -2.15. The van der Waals surface area contributed by atoms with Crippen LogP contribution >= 0.6 is 12.4 Å². The molecule has 0 radical (unpaired) electrons. The molecule has 6 heteroatoms. The van der Waals surface area contributed by atoms with Crippen molar-refractivity contribution in [1.29, 1.82) is 0 Å². The van der Waals surface area contributed by atoms with Gasteiger partial charge in [0.05, 0.1) is 0 Å². The molecular weight excluding hydrogens is 256 g/mol. The number of carbonyl (C=O) groups is 1. The number of halogens is 1. The molecule has 2 aliphatic heterocycles. The maximum atomic E-state index is 12.2. The summed E-state index contributed by atoms with van der Waals surface area (Å²) in [5, 5.41) is 0. The summed E-state index contributed by atoms with van der Waals surface area (Å²) < 4.78 is 10.5. The van der Waals surface area contributed by atoms with Crippen LogP contribution in [0.3, 0.4) is 0 Å². The van der Waals surface area contributed by atoms with Gasteiger partial charge in [-0.1, -0.05) is 0 Å². The van der Waals surface area contributed by atoms with Gasteiger partial charge in [-0.25, -0.2) is 0 Å². The number of nitrogens with zero attached hydrogens (tertiary/aromatic N) is 1. The number of hydrogen-bond acceptors (Lipinski definition) is 4. The van der Waals surface area contributed by atoms with E-state index in [2.05, 4.69) is 0 Å². The van der Waals surface area contributed by atoms with Crippen LogP contribution in [-0.2, 0) is 0 Å². The zero-order valence-electron chi connectivity index (χ0n) is 9.80. The Hall–Kier alpha value is -1.46. The monoisotopic (exact) mass is 270 g/mol. The van der Waals surface area contributed by atoms with E-state index in [0.29, 0.717) is 23.6 Å². The molecule has 0 bridgehead atoms. The summed E-state index contributed by atoms with van der Waals surface area (Å²) in [5.41, 5.74) is 6.42. The molecule has 18 heavy (non-hydrogen) atoms. The van der Waals surface area contributed by atoms with E-state index in [1.165, 1.54) is 0 Å². The number of amides is 1. The van der Waals surface area contributed by atoms with Crippen LogP contribution in [0.5, 0.6) is 11.5 Å². The second-order valence-corrected chi connectivity index (χ2v) is 4.37. The number of fused-ring (bicyclic) bond motifs is 1. The molecule has 2 heterocycles. The smallest absolute Gasteiger partial charge is 0.254 e. The Morgan fingerprint density at radius 2 is 2.11 bits per heavy atom. The van der Waals surface area contributed by atoms with Crippen LogP contribution in [0.1, 0.15) is 16.8 Å². The maximum absolute atomic E-state index is 12.2. The van der Waals surface area contributed by atoms with Crippen LogP contribution in [0.2, 0.25) is 0 Å². The van der Waals surface area contributed by atoms with Gasteiger partial charge in [0.15, 0.2) is 11.5 Å². The first-order valence-electron chi connectivity index (χ1n) is 5.68. The molecule has 2 aliphatic rings. The summed E-state index contributed by atoms with van der Waals surface area (Å²) in [4.78, 5) is 13.9. The maximum Gasteiger partial charge on any atom is 0.254 e. The first-order chi connectivity index (χ1) is 8.24. The van der Waals surface area contributed by atoms with Gasteiger partial charge in [0.1, 0.15) is 0 Å². The van der Waals surface area contributed by atoms with Crippen molar-refractivity contribution in [2.24, 2.45) is 5.73 Å². The largest absolute Gasteiger partial charge is 0.454 e. The van der Waals surface area contributed by atoms with Gasteiger partial charge in [0, 0.05) is 24.7 Å². The van der Waals surface area contributed by atoms with Crippen molar-refractivity contribution in [2.75, 3.05) is 19.9 Å². The summed E-state index contributed by atoms with van der Waals surface area (Å²) in [6, 6.07) is 5.37. The highest BCUT2D eigenvalue weighted by atomic mass is 35.5. The van der Waals surface area contributed by atoms with Gasteiger partial charge in [-0.05, 0) is 24.6 Å². The first kappa shape index (κ1) is 13.0. The molecule has 98 valence electrons. The molecule has 1 fully saturated rings. The Morgan fingerprint density at radius 3 is 2.83 bits per heavy atom. The van der Waals surface area contributed by atoms with Crippen LogP contribution < -0.4 is 15.2 Å². The van der Waals surface area contributed by atoms with Gasteiger partial charge in [-0.2, -0.15) is 0 Å². The van der Waals surface area contributed by atoms with E-state index in [9.17, 15) is 4.79 Å². The van der Waals surface area contributed by atoms with E-state index in [0.717, 1.165) is 13.0 Å². The Kier molecular flexibility index (Phi) is 3.63. The summed E-state index contributed by atoms with van der Waals surface area (Å²) in [7, 11) is 0. The summed E-state index contributed by atoms with van der Waals surface area (Å²) in [5.74, 6) is 1.34. The Balaban J connectivity index is 0.00000120. The number of likely N-dealkylation sites (tertiary alicyclic amines) is 1. The van der Waals surface area contributed by atoms with Crippen molar-refractivity contribution < 1.29 is 14.3 Å². The third-order valence-corrected chi connectivity index (χ3v) is 3.13. The fraction of sp³-hybridized carbons (Fsp3) is 0.417. The van der Waals surface area contributed by atoms with Gasteiger partial charge >= 0.3 is 0 Å². The van der Waals surface area contributed by atoms with Crippen LogP contribution in [0, 0.1) is 0 Å². The normalized spacial score (nSPS) is 20.7. The molecule has 5 nitrogen and oxygen atoms in total. The van der Waals surface area contributed by atoms with E-state index < -0.39 is 0 Å². The molecule has 0 unspecified atom stereocenters. The van der Waals surface area contributed by atoms with Crippen molar-refractivity contribution in [3.8, 4) is 11.5 Å². The lowest BCUT2D eigenvalue weighted by atomic mass is 10.2. The number of nitrogens with two attached hydrogens (primary N) is 1. The van der Waals surface area contributed by atoms with E-state index in [1.54, 1.807) is 23.1 Å². The van der Waals surface area contributed by atoms with Gasteiger partial charge in [0.25, 0.3) is 5.91 Å². The molecule has 0 spiro atoms. The predicted octanol–water partition coefficient (Wildman–Crippen LogP) is 1.01. The molecule has 1 amide bonds. The summed E-state index contributed by atoms with van der Waals surface area (Å²) >= 11 is 0. The van der Waals surface area contributed by atoms with Crippen molar-refractivity contribution in [2.45, 2.75) is 12.5 Å². The van der Waals surface area contributed by atoms with E-state index in [4.69, 9.17) is 15.2 Å². The lowest BCUT2D eigenvalue weighted by Crippen LogP contribution is -2.31. The van der Waals surface area contributed by atoms with Crippen molar-refractivity contribution in [3.05, 3.63) is 23.8 Å². The zero-order valence-corrected chi connectivity index (χ0v) is 10.6. The molecule has 1 saturated heterocycles. The molecular formula is C12H15ClN2O3. The third kappa shape index (κ3) is 2.23. The molecule has 0 saturated carbocycles. The van der Waals surface area contributed by atoms with E-state index in [-0.39, 0.29) is 31.1 Å². The van der Waals surface area contributed by atoms with E-state index in [1.807, 2.05) is 0 Å². The topological polar surface area (TPSA) is 64.8 Å². The number of ether oxygens (including phenoxy) is 2. The number of hydrogen-bond donors (Lipinski definition) is 1. The Bertz CT molecular complexity index is 467. The van der Waals surface area contributed by atoms with Crippen LogP contribution in [0.15, 0.2) is 18.2 Å². The highest BCUT2D eigenvalue weighted by Gasteiger charge is 2.25.